The Morgan fingerprint density at radius 2 is 1.61 bits per heavy atom. The number of hydrogen-bond acceptors (Lipinski definition) is 8. The van der Waals surface area contributed by atoms with Gasteiger partial charge in [0.1, 0.15) is 11.5 Å². The van der Waals surface area contributed by atoms with Crippen molar-refractivity contribution >= 4 is 17.5 Å². The molecule has 3 fully saturated rings. The molecule has 7 rings (SSSR count). The molecule has 0 amide bonds. The molecule has 8 heteroatoms. The molecule has 0 radical (unpaired) electrons. The second kappa shape index (κ2) is 16.4. The van der Waals surface area contributed by atoms with E-state index < -0.39 is 0 Å². The Bertz CT molecular complexity index is 1710. The number of aliphatic hydroxyl groups is 1. The van der Waals surface area contributed by atoms with Crippen LogP contribution in [0.25, 0.3) is 11.1 Å². The van der Waals surface area contributed by atoms with Gasteiger partial charge in [0.15, 0.2) is 0 Å². The topological polar surface area (TPSA) is 98.2 Å². The molecule has 254 valence electrons. The van der Waals surface area contributed by atoms with Gasteiger partial charge in [-0.1, -0.05) is 55.9 Å². The minimum Gasteiger partial charge on any atom is -0.393 e. The van der Waals surface area contributed by atoms with Crippen molar-refractivity contribution in [1.82, 2.24) is 25.2 Å². The van der Waals surface area contributed by atoms with Gasteiger partial charge in [0, 0.05) is 68.0 Å². The van der Waals surface area contributed by atoms with Crippen LogP contribution in [0.1, 0.15) is 80.2 Å². The lowest BCUT2D eigenvalue weighted by Gasteiger charge is -2.28. The van der Waals surface area contributed by atoms with Crippen LogP contribution in [0.2, 0.25) is 0 Å². The molecule has 0 unspecified atom stereocenters. The van der Waals surface area contributed by atoms with Crippen molar-refractivity contribution in [3.63, 3.8) is 0 Å². The maximum Gasteiger partial charge on any atom is 0.229 e. The first-order chi connectivity index (χ1) is 24.1. The largest absolute Gasteiger partial charge is 0.393 e. The minimum absolute atomic E-state index is 0.205. The SMILES string of the molecule is OC1CCC(Nc2nc(Nc3ccc(C#Cc4cc(CCC5CCCC5)ccn4)cc3)ncc2-c2ccc(CN3CCNCC3)cc2)CC1. The number of anilines is 3. The summed E-state index contributed by atoms with van der Waals surface area (Å²) in [5.41, 5.74) is 7.36. The highest BCUT2D eigenvalue weighted by Crippen LogP contribution is 2.31. The third kappa shape index (κ3) is 9.45. The lowest BCUT2D eigenvalue weighted by atomic mass is 9.93. The predicted octanol–water partition coefficient (Wildman–Crippen LogP) is 6.93. The van der Waals surface area contributed by atoms with Crippen molar-refractivity contribution in [3.8, 4) is 23.0 Å². The molecule has 4 N–H and O–H groups in total. The van der Waals surface area contributed by atoms with Crippen LogP contribution >= 0.6 is 0 Å². The van der Waals surface area contributed by atoms with Crippen LogP contribution in [0.15, 0.2) is 73.1 Å². The van der Waals surface area contributed by atoms with E-state index in [0.29, 0.717) is 5.95 Å². The lowest BCUT2D eigenvalue weighted by molar-refractivity contribution is 0.126. The highest BCUT2D eigenvalue weighted by atomic mass is 16.3. The standard InChI is InChI=1S/C41H49N7O/c49-38-19-17-35(18-20-38)45-40-39(34-12-7-33(8-13-34)29-48-25-23-42-24-26-48)28-44-41(47-40)46-36-14-9-31(10-15-36)11-16-37-27-32(21-22-43-37)6-5-30-3-1-2-4-30/h7-10,12-15,21-22,27-28,30,35,38,42,49H,1-6,17-20,23-26,29H2,(H2,44,45,46,47). The molecule has 2 aromatic heterocycles. The Morgan fingerprint density at radius 1 is 0.837 bits per heavy atom. The predicted molar refractivity (Wildman–Crippen MR) is 198 cm³/mol. The van der Waals surface area contributed by atoms with Crippen molar-refractivity contribution in [1.29, 1.82) is 0 Å². The van der Waals surface area contributed by atoms with Crippen molar-refractivity contribution in [2.24, 2.45) is 5.92 Å². The number of nitrogens with zero attached hydrogens (tertiary/aromatic N) is 4. The van der Waals surface area contributed by atoms with Gasteiger partial charge < -0.3 is 21.1 Å². The van der Waals surface area contributed by atoms with E-state index >= 15 is 0 Å². The van der Waals surface area contributed by atoms with Gasteiger partial charge in [0.25, 0.3) is 0 Å². The number of piperazine rings is 1. The second-order valence-corrected chi connectivity index (χ2v) is 14.0. The molecule has 0 atom stereocenters. The second-order valence-electron chi connectivity index (χ2n) is 14.0. The summed E-state index contributed by atoms with van der Waals surface area (Å²) < 4.78 is 0. The molecular formula is C41H49N7O. The number of rotatable bonds is 10. The Morgan fingerprint density at radius 3 is 2.39 bits per heavy atom. The Kier molecular flexibility index (Phi) is 11.1. The summed E-state index contributed by atoms with van der Waals surface area (Å²) in [7, 11) is 0. The fraction of sp³-hybridized carbons (Fsp3) is 0.439. The summed E-state index contributed by atoms with van der Waals surface area (Å²) in [6, 6.07) is 21.4. The molecule has 2 aliphatic carbocycles. The van der Waals surface area contributed by atoms with Crippen molar-refractivity contribution in [2.45, 2.75) is 82.9 Å². The number of nitrogens with one attached hydrogen (secondary N) is 3. The van der Waals surface area contributed by atoms with E-state index in [4.69, 9.17) is 9.97 Å². The molecule has 2 saturated carbocycles. The number of aliphatic hydroxyl groups excluding tert-OH is 1. The van der Waals surface area contributed by atoms with Crippen LogP contribution in [0.4, 0.5) is 17.5 Å². The van der Waals surface area contributed by atoms with E-state index in [9.17, 15) is 5.11 Å². The zero-order valence-electron chi connectivity index (χ0n) is 28.5. The van der Waals surface area contributed by atoms with Crippen LogP contribution in [-0.4, -0.2) is 63.3 Å². The number of aromatic nitrogens is 3. The average Bonchev–Trinajstić information content (AvgIpc) is 3.67. The quantitative estimate of drug-likeness (QED) is 0.137. The van der Waals surface area contributed by atoms with Crippen molar-refractivity contribution in [2.75, 3.05) is 36.8 Å². The summed E-state index contributed by atoms with van der Waals surface area (Å²) in [6.45, 7) is 5.22. The van der Waals surface area contributed by atoms with E-state index in [1.807, 2.05) is 36.7 Å². The van der Waals surface area contributed by atoms with Crippen molar-refractivity contribution < 1.29 is 5.11 Å². The number of aryl methyl sites for hydroxylation is 1. The summed E-state index contributed by atoms with van der Waals surface area (Å²) in [5, 5.41) is 20.6. The van der Waals surface area contributed by atoms with Gasteiger partial charge in [-0.3, -0.25) is 4.90 Å². The van der Waals surface area contributed by atoms with Gasteiger partial charge in [-0.05, 0) is 103 Å². The summed E-state index contributed by atoms with van der Waals surface area (Å²) >= 11 is 0. The van der Waals surface area contributed by atoms with E-state index in [1.54, 1.807) is 0 Å². The first-order valence-electron chi connectivity index (χ1n) is 18.3. The molecule has 1 saturated heterocycles. The molecule has 4 aromatic rings. The highest BCUT2D eigenvalue weighted by molar-refractivity contribution is 5.76. The van der Waals surface area contributed by atoms with Gasteiger partial charge in [-0.2, -0.15) is 4.98 Å². The van der Waals surface area contributed by atoms with E-state index in [-0.39, 0.29) is 12.1 Å². The smallest absolute Gasteiger partial charge is 0.229 e. The summed E-state index contributed by atoms with van der Waals surface area (Å²) in [4.78, 5) is 16.7. The van der Waals surface area contributed by atoms with Crippen LogP contribution in [0.3, 0.4) is 0 Å². The Labute approximate surface area is 291 Å². The summed E-state index contributed by atoms with van der Waals surface area (Å²) in [6.07, 6.45) is 15.0. The normalized spacial score (nSPS) is 20.0. The van der Waals surface area contributed by atoms with Gasteiger partial charge >= 0.3 is 0 Å². The van der Waals surface area contributed by atoms with Gasteiger partial charge in [-0.15, -0.1) is 0 Å². The molecular weight excluding hydrogens is 606 g/mol. The third-order valence-electron chi connectivity index (χ3n) is 10.3. The molecule has 2 aromatic carbocycles. The van der Waals surface area contributed by atoms with Crippen LogP contribution < -0.4 is 16.0 Å². The van der Waals surface area contributed by atoms with Gasteiger partial charge in [0.05, 0.1) is 6.10 Å². The number of benzene rings is 2. The molecule has 0 bridgehead atoms. The average molecular weight is 656 g/mol. The fourth-order valence-electron chi connectivity index (χ4n) is 7.36. The molecule has 49 heavy (non-hydrogen) atoms. The maximum atomic E-state index is 10.1. The monoisotopic (exact) mass is 655 g/mol. The molecule has 1 aliphatic heterocycles. The third-order valence-corrected chi connectivity index (χ3v) is 10.3. The van der Waals surface area contributed by atoms with Gasteiger partial charge in [0.2, 0.25) is 5.95 Å². The highest BCUT2D eigenvalue weighted by Gasteiger charge is 2.22. The van der Waals surface area contributed by atoms with E-state index in [1.165, 1.54) is 43.2 Å². The van der Waals surface area contributed by atoms with Gasteiger partial charge in [-0.25, -0.2) is 9.97 Å². The van der Waals surface area contributed by atoms with Crippen LogP contribution in [0, 0.1) is 17.8 Å². The Hall–Kier alpha value is -4.29. The minimum atomic E-state index is -0.205. The molecule has 3 heterocycles. The maximum absolute atomic E-state index is 10.1. The Balaban J connectivity index is 1.02. The number of pyridine rings is 1. The van der Waals surface area contributed by atoms with Crippen molar-refractivity contribution in [3.05, 3.63) is 95.4 Å². The molecule has 0 spiro atoms. The van der Waals surface area contributed by atoms with E-state index in [0.717, 1.165) is 105 Å². The zero-order valence-corrected chi connectivity index (χ0v) is 28.5. The summed E-state index contributed by atoms with van der Waals surface area (Å²) in [5.74, 6) is 8.78. The van der Waals surface area contributed by atoms with Crippen LogP contribution in [0.5, 0.6) is 0 Å². The molecule has 3 aliphatic rings. The first-order valence-corrected chi connectivity index (χ1v) is 18.3. The number of hydrogen-bond donors (Lipinski definition) is 4. The zero-order chi connectivity index (χ0) is 33.3. The fourth-order valence-corrected chi connectivity index (χ4v) is 7.36. The van der Waals surface area contributed by atoms with E-state index in [2.05, 4.69) is 74.1 Å². The lowest BCUT2D eigenvalue weighted by Crippen LogP contribution is -2.42. The molecule has 8 nitrogen and oxygen atoms in total. The first kappa shape index (κ1) is 33.2. The van der Waals surface area contributed by atoms with Crippen LogP contribution in [-0.2, 0) is 13.0 Å².